The molecule has 5 nitrogen and oxygen atoms in total. The van der Waals surface area contributed by atoms with Crippen molar-refractivity contribution in [1.82, 2.24) is 0 Å². The zero-order valence-electron chi connectivity index (χ0n) is 17.7. The number of alkyl halides is 1. The SMILES string of the molecule is Cc1ccc(S(=O)(=O)OCC2CCC(C)(COC3CCCCO3)C2(C)CBr)cc1. The summed E-state index contributed by atoms with van der Waals surface area (Å²) in [4.78, 5) is 0.210. The molecule has 1 saturated heterocycles. The van der Waals surface area contributed by atoms with Gasteiger partial charge in [-0.15, -0.1) is 0 Å². The third kappa shape index (κ3) is 5.06. The van der Waals surface area contributed by atoms with Crippen LogP contribution in [0.5, 0.6) is 0 Å². The summed E-state index contributed by atoms with van der Waals surface area (Å²) in [7, 11) is -3.76. The highest BCUT2D eigenvalue weighted by Gasteiger charge is 2.54. The molecule has 1 aromatic carbocycles. The Morgan fingerprint density at radius 1 is 1.17 bits per heavy atom. The van der Waals surface area contributed by atoms with E-state index >= 15 is 0 Å². The molecule has 4 unspecified atom stereocenters. The highest BCUT2D eigenvalue weighted by atomic mass is 79.9. The fourth-order valence-electron chi connectivity index (χ4n) is 4.43. The minimum atomic E-state index is -3.76. The molecule has 1 aromatic rings. The molecule has 2 aliphatic rings. The average molecular weight is 489 g/mol. The van der Waals surface area contributed by atoms with Gasteiger partial charge in [-0.3, -0.25) is 4.18 Å². The summed E-state index contributed by atoms with van der Waals surface area (Å²) in [5, 5.41) is 0.768. The minimum absolute atomic E-state index is 0.0705. The number of aryl methyl sites for hydroxylation is 1. The molecule has 4 atom stereocenters. The zero-order chi connectivity index (χ0) is 21.1. The topological polar surface area (TPSA) is 61.8 Å². The van der Waals surface area contributed by atoms with E-state index in [4.69, 9.17) is 13.7 Å². The molecule has 0 N–H and O–H groups in total. The standard InChI is InChI=1S/C22H33BrO5S/c1-17-7-9-19(10-8-17)29(24,25)28-14-18-11-12-21(2,22(18,3)15-23)16-27-20-6-4-5-13-26-20/h7-10,18,20H,4-6,11-16H2,1-3H3. The zero-order valence-corrected chi connectivity index (χ0v) is 20.1. The number of hydrogen-bond acceptors (Lipinski definition) is 5. The first kappa shape index (κ1) is 23.2. The third-order valence-corrected chi connectivity index (χ3v) is 9.52. The minimum Gasteiger partial charge on any atom is -0.353 e. The molecule has 1 aliphatic heterocycles. The van der Waals surface area contributed by atoms with E-state index in [0.717, 1.165) is 49.6 Å². The Kier molecular flexibility index (Phi) is 7.48. The summed E-state index contributed by atoms with van der Waals surface area (Å²) in [6, 6.07) is 6.78. The van der Waals surface area contributed by atoms with Gasteiger partial charge in [0.1, 0.15) is 0 Å². The monoisotopic (exact) mass is 488 g/mol. The summed E-state index contributed by atoms with van der Waals surface area (Å²) in [5.74, 6) is 0.128. The lowest BCUT2D eigenvalue weighted by molar-refractivity contribution is -0.186. The number of halogens is 1. The molecule has 0 bridgehead atoms. The van der Waals surface area contributed by atoms with Crippen LogP contribution in [0.15, 0.2) is 29.2 Å². The first-order valence-electron chi connectivity index (χ1n) is 10.5. The molecule has 1 heterocycles. The van der Waals surface area contributed by atoms with Crippen LogP contribution in [-0.4, -0.2) is 39.9 Å². The van der Waals surface area contributed by atoms with Crippen LogP contribution >= 0.6 is 15.9 Å². The van der Waals surface area contributed by atoms with Crippen LogP contribution in [0, 0.1) is 23.7 Å². The van der Waals surface area contributed by atoms with Gasteiger partial charge in [-0.1, -0.05) is 47.5 Å². The molecule has 1 aliphatic carbocycles. The Bertz CT molecular complexity index is 775. The van der Waals surface area contributed by atoms with E-state index in [1.54, 1.807) is 24.3 Å². The molecule has 0 aromatic heterocycles. The van der Waals surface area contributed by atoms with Gasteiger partial charge in [0.05, 0.1) is 18.1 Å². The van der Waals surface area contributed by atoms with Crippen molar-refractivity contribution in [2.75, 3.05) is 25.2 Å². The van der Waals surface area contributed by atoms with Gasteiger partial charge in [0.15, 0.2) is 6.29 Å². The molecule has 3 rings (SSSR count). The van der Waals surface area contributed by atoms with Gasteiger partial charge in [-0.05, 0) is 67.9 Å². The molecule has 0 amide bonds. The molecule has 7 heteroatoms. The predicted octanol–water partition coefficient (Wildman–Crippen LogP) is 5.06. The van der Waals surface area contributed by atoms with Crippen molar-refractivity contribution >= 4 is 26.0 Å². The largest absolute Gasteiger partial charge is 0.353 e. The predicted molar refractivity (Wildman–Crippen MR) is 117 cm³/mol. The van der Waals surface area contributed by atoms with Gasteiger partial charge in [0.25, 0.3) is 10.1 Å². The maximum Gasteiger partial charge on any atom is 0.296 e. The van der Waals surface area contributed by atoms with Crippen molar-refractivity contribution in [2.24, 2.45) is 16.7 Å². The lowest BCUT2D eigenvalue weighted by Gasteiger charge is -2.44. The van der Waals surface area contributed by atoms with Crippen LogP contribution in [-0.2, 0) is 23.8 Å². The van der Waals surface area contributed by atoms with E-state index < -0.39 is 10.1 Å². The molecule has 0 spiro atoms. The average Bonchev–Trinajstić information content (AvgIpc) is 2.97. The van der Waals surface area contributed by atoms with Crippen LogP contribution in [0.1, 0.15) is 51.5 Å². The second kappa shape index (κ2) is 9.35. The molecular formula is C22H33BrO5S. The fourth-order valence-corrected chi connectivity index (χ4v) is 6.51. The van der Waals surface area contributed by atoms with E-state index in [1.165, 1.54) is 0 Å². The van der Waals surface area contributed by atoms with Gasteiger partial charge in [-0.2, -0.15) is 8.42 Å². The van der Waals surface area contributed by atoms with Crippen molar-refractivity contribution in [1.29, 1.82) is 0 Å². The summed E-state index contributed by atoms with van der Waals surface area (Å²) in [6.07, 6.45) is 4.97. The Morgan fingerprint density at radius 2 is 1.90 bits per heavy atom. The van der Waals surface area contributed by atoms with Crippen LogP contribution in [0.2, 0.25) is 0 Å². The second-order valence-corrected chi connectivity index (χ2v) is 11.2. The van der Waals surface area contributed by atoms with Crippen LogP contribution < -0.4 is 0 Å². The van der Waals surface area contributed by atoms with E-state index in [2.05, 4.69) is 29.8 Å². The van der Waals surface area contributed by atoms with Crippen molar-refractivity contribution in [3.05, 3.63) is 29.8 Å². The molecule has 164 valence electrons. The van der Waals surface area contributed by atoms with Crippen LogP contribution in [0.3, 0.4) is 0 Å². The van der Waals surface area contributed by atoms with Crippen molar-refractivity contribution in [3.63, 3.8) is 0 Å². The van der Waals surface area contributed by atoms with Crippen LogP contribution in [0.4, 0.5) is 0 Å². The molecule has 1 saturated carbocycles. The van der Waals surface area contributed by atoms with Gasteiger partial charge < -0.3 is 9.47 Å². The van der Waals surface area contributed by atoms with Crippen molar-refractivity contribution < 1.29 is 22.1 Å². The maximum absolute atomic E-state index is 12.6. The van der Waals surface area contributed by atoms with E-state index in [0.29, 0.717) is 6.61 Å². The van der Waals surface area contributed by atoms with Gasteiger partial charge >= 0.3 is 0 Å². The Balaban J connectivity index is 1.64. The summed E-state index contributed by atoms with van der Waals surface area (Å²) >= 11 is 3.70. The van der Waals surface area contributed by atoms with Crippen molar-refractivity contribution in [2.45, 2.75) is 64.1 Å². The van der Waals surface area contributed by atoms with E-state index in [9.17, 15) is 8.42 Å². The second-order valence-electron chi connectivity index (χ2n) is 9.01. The Labute approximate surface area is 183 Å². The van der Waals surface area contributed by atoms with Gasteiger partial charge in [0, 0.05) is 11.9 Å². The maximum atomic E-state index is 12.6. The highest BCUT2D eigenvalue weighted by Crippen LogP contribution is 2.57. The van der Waals surface area contributed by atoms with E-state index in [-0.39, 0.29) is 34.5 Å². The van der Waals surface area contributed by atoms with Crippen LogP contribution in [0.25, 0.3) is 0 Å². The molecule has 0 radical (unpaired) electrons. The van der Waals surface area contributed by atoms with E-state index in [1.807, 2.05) is 6.92 Å². The molecule has 29 heavy (non-hydrogen) atoms. The van der Waals surface area contributed by atoms with Crippen molar-refractivity contribution in [3.8, 4) is 0 Å². The fraction of sp³-hybridized carbons (Fsp3) is 0.727. The smallest absolute Gasteiger partial charge is 0.296 e. The Hall–Kier alpha value is -0.470. The summed E-state index contributed by atoms with van der Waals surface area (Å²) in [5.41, 5.74) is 0.813. The van der Waals surface area contributed by atoms with Gasteiger partial charge in [0.2, 0.25) is 0 Å². The summed E-state index contributed by atoms with van der Waals surface area (Å²) in [6.45, 7) is 7.95. The normalized spacial score (nSPS) is 33.1. The lowest BCUT2D eigenvalue weighted by atomic mass is 9.66. The lowest BCUT2D eigenvalue weighted by Crippen LogP contribution is -2.44. The summed E-state index contributed by atoms with van der Waals surface area (Å²) < 4.78 is 42.6. The Morgan fingerprint density at radius 3 is 2.52 bits per heavy atom. The first-order valence-corrected chi connectivity index (χ1v) is 13.0. The number of rotatable bonds is 8. The van der Waals surface area contributed by atoms with Gasteiger partial charge in [-0.25, -0.2) is 0 Å². The quantitative estimate of drug-likeness (QED) is 0.377. The highest BCUT2D eigenvalue weighted by molar-refractivity contribution is 9.09. The number of hydrogen-bond donors (Lipinski definition) is 0. The molecular weight excluding hydrogens is 456 g/mol. The first-order chi connectivity index (χ1) is 13.7. The molecule has 2 fully saturated rings. The third-order valence-electron chi connectivity index (χ3n) is 7.06. The number of benzene rings is 1. The number of ether oxygens (including phenoxy) is 2.